The largest absolute Gasteiger partial charge is 0.497 e. The number of carbonyl (C=O) groups excluding carboxylic acids is 1. The van der Waals surface area contributed by atoms with Crippen LogP contribution in [0.3, 0.4) is 0 Å². The predicted molar refractivity (Wildman–Crippen MR) is 89.9 cm³/mol. The second kappa shape index (κ2) is 6.11. The fraction of sp³-hybridized carbons (Fsp3) is 0.0625. The van der Waals surface area contributed by atoms with E-state index >= 15 is 0 Å². The van der Waals surface area contributed by atoms with Crippen molar-refractivity contribution < 1.29 is 9.53 Å². The van der Waals surface area contributed by atoms with E-state index in [-0.39, 0.29) is 5.91 Å². The first kappa shape index (κ1) is 14.5. The van der Waals surface area contributed by atoms with Crippen molar-refractivity contribution in [2.75, 3.05) is 12.4 Å². The van der Waals surface area contributed by atoms with E-state index in [4.69, 9.17) is 4.74 Å². The third-order valence-electron chi connectivity index (χ3n) is 3.18. The second-order valence-corrected chi connectivity index (χ2v) is 5.53. The third kappa shape index (κ3) is 2.92. The zero-order valence-corrected chi connectivity index (χ0v) is 13.3. The Bertz CT molecular complexity index is 782. The van der Waals surface area contributed by atoms with Gasteiger partial charge < -0.3 is 10.1 Å². The molecule has 5 nitrogen and oxygen atoms in total. The number of nitrogens with one attached hydrogen (secondary N) is 1. The standard InChI is InChI=1S/C16H12BrN3O2/c1-22-12-5-2-10(3-6-12)9-18-20-15-13-8-11(17)4-7-14(13)19-16(15)21/h2-9H,1H3,(H,19,20,21)/b18-9+. The Morgan fingerprint density at radius 1 is 1.18 bits per heavy atom. The van der Waals surface area contributed by atoms with Gasteiger partial charge in [0, 0.05) is 10.0 Å². The van der Waals surface area contributed by atoms with Gasteiger partial charge in [0.1, 0.15) is 5.75 Å². The Morgan fingerprint density at radius 3 is 2.68 bits per heavy atom. The summed E-state index contributed by atoms with van der Waals surface area (Å²) in [5.41, 5.74) is 2.66. The number of rotatable bonds is 3. The summed E-state index contributed by atoms with van der Waals surface area (Å²) in [5.74, 6) is 0.525. The zero-order valence-electron chi connectivity index (χ0n) is 11.7. The fourth-order valence-corrected chi connectivity index (χ4v) is 2.43. The lowest BCUT2D eigenvalue weighted by Gasteiger charge is -1.98. The number of methoxy groups -OCH3 is 1. The van der Waals surface area contributed by atoms with E-state index in [1.165, 1.54) is 0 Å². The normalized spacial score (nSPS) is 15.2. The summed E-state index contributed by atoms with van der Waals surface area (Å²) >= 11 is 3.39. The van der Waals surface area contributed by atoms with Crippen LogP contribution in [0.1, 0.15) is 11.1 Å². The van der Waals surface area contributed by atoms with Crippen LogP contribution in [0.2, 0.25) is 0 Å². The van der Waals surface area contributed by atoms with Gasteiger partial charge in [0.15, 0.2) is 5.71 Å². The highest BCUT2D eigenvalue weighted by Gasteiger charge is 2.26. The average molecular weight is 358 g/mol. The maximum atomic E-state index is 11.9. The van der Waals surface area contributed by atoms with E-state index in [0.717, 1.165) is 27.0 Å². The smallest absolute Gasteiger partial charge is 0.276 e. The van der Waals surface area contributed by atoms with Crippen LogP contribution in [0.4, 0.5) is 5.69 Å². The molecular weight excluding hydrogens is 346 g/mol. The molecule has 2 aromatic carbocycles. The van der Waals surface area contributed by atoms with Gasteiger partial charge >= 0.3 is 0 Å². The molecule has 0 unspecified atom stereocenters. The first-order chi connectivity index (χ1) is 10.7. The highest BCUT2D eigenvalue weighted by molar-refractivity contribution is 9.10. The predicted octanol–water partition coefficient (Wildman–Crippen LogP) is 3.23. The Kier molecular flexibility index (Phi) is 4.02. The zero-order chi connectivity index (χ0) is 15.5. The first-order valence-corrected chi connectivity index (χ1v) is 7.33. The highest BCUT2D eigenvalue weighted by Crippen LogP contribution is 2.26. The summed E-state index contributed by atoms with van der Waals surface area (Å²) in [6.07, 6.45) is 1.59. The van der Waals surface area contributed by atoms with Gasteiger partial charge in [-0.05, 0) is 48.0 Å². The molecule has 110 valence electrons. The maximum absolute atomic E-state index is 11.9. The minimum absolute atomic E-state index is 0.250. The van der Waals surface area contributed by atoms with Crippen LogP contribution in [-0.4, -0.2) is 24.9 Å². The molecule has 1 aliphatic heterocycles. The molecule has 0 atom stereocenters. The van der Waals surface area contributed by atoms with Crippen LogP contribution in [-0.2, 0) is 4.79 Å². The summed E-state index contributed by atoms with van der Waals surface area (Å²) in [6.45, 7) is 0. The van der Waals surface area contributed by atoms with Crippen molar-refractivity contribution in [1.82, 2.24) is 0 Å². The van der Waals surface area contributed by atoms with Gasteiger partial charge in [-0.1, -0.05) is 15.9 Å². The average Bonchev–Trinajstić information content (AvgIpc) is 2.83. The topological polar surface area (TPSA) is 63.1 Å². The number of ether oxygens (including phenoxy) is 1. The van der Waals surface area contributed by atoms with Gasteiger partial charge in [-0.15, -0.1) is 5.10 Å². The summed E-state index contributed by atoms with van der Waals surface area (Å²) in [6, 6.07) is 12.9. The van der Waals surface area contributed by atoms with Gasteiger partial charge in [-0.25, -0.2) is 0 Å². The number of fused-ring (bicyclic) bond motifs is 1. The fourth-order valence-electron chi connectivity index (χ4n) is 2.07. The number of hydrogen-bond donors (Lipinski definition) is 1. The molecule has 0 aromatic heterocycles. The molecule has 0 spiro atoms. The molecule has 22 heavy (non-hydrogen) atoms. The number of halogens is 1. The number of anilines is 1. The number of amides is 1. The molecule has 1 N–H and O–H groups in total. The van der Waals surface area contributed by atoms with Crippen molar-refractivity contribution in [3.05, 3.63) is 58.1 Å². The molecule has 0 fully saturated rings. The lowest BCUT2D eigenvalue weighted by Crippen LogP contribution is -2.13. The lowest BCUT2D eigenvalue weighted by atomic mass is 10.1. The van der Waals surface area contributed by atoms with Crippen LogP contribution in [0, 0.1) is 0 Å². The third-order valence-corrected chi connectivity index (χ3v) is 3.67. The van der Waals surface area contributed by atoms with Crippen LogP contribution in [0.5, 0.6) is 5.75 Å². The maximum Gasteiger partial charge on any atom is 0.276 e. The minimum Gasteiger partial charge on any atom is -0.497 e. The molecule has 2 aromatic rings. The monoisotopic (exact) mass is 357 g/mol. The van der Waals surface area contributed by atoms with Gasteiger partial charge in [0.25, 0.3) is 5.91 Å². The minimum atomic E-state index is -0.250. The Labute approximate surface area is 135 Å². The van der Waals surface area contributed by atoms with Crippen molar-refractivity contribution in [1.29, 1.82) is 0 Å². The van der Waals surface area contributed by atoms with Crippen molar-refractivity contribution in [2.24, 2.45) is 10.2 Å². The molecule has 0 aliphatic carbocycles. The highest BCUT2D eigenvalue weighted by atomic mass is 79.9. The molecule has 1 heterocycles. The SMILES string of the molecule is COc1ccc(/C=N/N=C2/C(=O)Nc3ccc(Br)cc32)cc1. The van der Waals surface area contributed by atoms with Gasteiger partial charge in [-0.2, -0.15) is 5.10 Å². The van der Waals surface area contributed by atoms with Crippen LogP contribution in [0.25, 0.3) is 0 Å². The number of nitrogens with zero attached hydrogens (tertiary/aromatic N) is 2. The van der Waals surface area contributed by atoms with Crippen molar-refractivity contribution in [3.63, 3.8) is 0 Å². The van der Waals surface area contributed by atoms with Crippen molar-refractivity contribution in [3.8, 4) is 5.75 Å². The van der Waals surface area contributed by atoms with Crippen LogP contribution >= 0.6 is 15.9 Å². The number of carbonyl (C=O) groups is 1. The van der Waals surface area contributed by atoms with E-state index in [2.05, 4.69) is 31.4 Å². The summed E-state index contributed by atoms with van der Waals surface area (Å²) in [7, 11) is 1.61. The molecule has 1 amide bonds. The molecule has 1 aliphatic rings. The van der Waals surface area contributed by atoms with E-state index in [0.29, 0.717) is 5.71 Å². The molecule has 6 heteroatoms. The van der Waals surface area contributed by atoms with E-state index in [9.17, 15) is 4.79 Å². The Balaban J connectivity index is 1.84. The Morgan fingerprint density at radius 2 is 1.95 bits per heavy atom. The molecule has 3 rings (SSSR count). The molecular formula is C16H12BrN3O2. The van der Waals surface area contributed by atoms with Gasteiger partial charge in [0.2, 0.25) is 0 Å². The Hall–Kier alpha value is -2.47. The van der Waals surface area contributed by atoms with Crippen LogP contribution in [0.15, 0.2) is 57.1 Å². The number of hydrogen-bond acceptors (Lipinski definition) is 4. The molecule has 0 saturated carbocycles. The summed E-state index contributed by atoms with van der Waals surface area (Å²) < 4.78 is 5.97. The van der Waals surface area contributed by atoms with E-state index < -0.39 is 0 Å². The molecule has 0 bridgehead atoms. The molecule has 0 saturated heterocycles. The van der Waals surface area contributed by atoms with Crippen molar-refractivity contribution in [2.45, 2.75) is 0 Å². The van der Waals surface area contributed by atoms with Gasteiger partial charge in [0.05, 0.1) is 19.0 Å². The lowest BCUT2D eigenvalue weighted by molar-refractivity contribution is -0.110. The quantitative estimate of drug-likeness (QED) is 0.676. The van der Waals surface area contributed by atoms with Gasteiger partial charge in [-0.3, -0.25) is 4.79 Å². The first-order valence-electron chi connectivity index (χ1n) is 6.54. The van der Waals surface area contributed by atoms with E-state index in [1.807, 2.05) is 42.5 Å². The van der Waals surface area contributed by atoms with E-state index in [1.54, 1.807) is 13.3 Å². The van der Waals surface area contributed by atoms with Crippen LogP contribution < -0.4 is 10.1 Å². The second-order valence-electron chi connectivity index (χ2n) is 4.61. The molecule has 0 radical (unpaired) electrons. The summed E-state index contributed by atoms with van der Waals surface area (Å²) in [5, 5.41) is 10.8. The number of benzene rings is 2. The van der Waals surface area contributed by atoms with Crippen molar-refractivity contribution >= 4 is 39.5 Å². The summed E-state index contributed by atoms with van der Waals surface area (Å²) in [4.78, 5) is 11.9.